The van der Waals surface area contributed by atoms with Crippen molar-refractivity contribution >= 4 is 22.8 Å². The average molecular weight is 229 g/mol. The summed E-state index contributed by atoms with van der Waals surface area (Å²) in [5.41, 5.74) is 1.57. The molecular formula is C13H11NO3. The standard InChI is InChI=1S/C13H11NO3/c1-9-8-10-4-2-3-5-11(10)14(9)12(15)6-7-13(16)17/h2-8H,1H3,(H,16,17)/b7-6+. The molecule has 0 saturated heterocycles. The molecule has 4 heteroatoms. The fourth-order valence-electron chi connectivity index (χ4n) is 1.80. The number of carbonyl (C=O) groups excluding carboxylic acids is 1. The number of carboxylic acid groups (broad SMARTS) is 1. The number of rotatable bonds is 2. The third-order valence-electron chi connectivity index (χ3n) is 2.48. The second-order valence-electron chi connectivity index (χ2n) is 3.69. The highest BCUT2D eigenvalue weighted by Gasteiger charge is 2.09. The van der Waals surface area contributed by atoms with Gasteiger partial charge in [0.25, 0.3) is 5.91 Å². The Kier molecular flexibility index (Phi) is 2.78. The van der Waals surface area contributed by atoms with E-state index in [9.17, 15) is 9.59 Å². The van der Waals surface area contributed by atoms with Crippen LogP contribution in [0.5, 0.6) is 0 Å². The molecule has 2 rings (SSSR count). The normalized spacial score (nSPS) is 11.1. The summed E-state index contributed by atoms with van der Waals surface area (Å²) in [6.45, 7) is 1.81. The Labute approximate surface area is 97.8 Å². The van der Waals surface area contributed by atoms with Crippen LogP contribution in [0.25, 0.3) is 10.9 Å². The molecule has 0 fully saturated rings. The molecule has 0 amide bonds. The zero-order chi connectivity index (χ0) is 12.4. The van der Waals surface area contributed by atoms with Crippen molar-refractivity contribution in [2.45, 2.75) is 6.92 Å². The van der Waals surface area contributed by atoms with Crippen LogP contribution < -0.4 is 0 Å². The van der Waals surface area contributed by atoms with Crippen LogP contribution in [0, 0.1) is 6.92 Å². The van der Waals surface area contributed by atoms with Crippen molar-refractivity contribution in [2.24, 2.45) is 0 Å². The van der Waals surface area contributed by atoms with Crippen LogP contribution in [0.15, 0.2) is 42.5 Å². The van der Waals surface area contributed by atoms with Gasteiger partial charge in [0, 0.05) is 23.2 Å². The minimum atomic E-state index is -1.13. The first kappa shape index (κ1) is 11.1. The molecule has 0 aliphatic carbocycles. The number of aromatic nitrogens is 1. The largest absolute Gasteiger partial charge is 0.478 e. The van der Waals surface area contributed by atoms with E-state index in [4.69, 9.17) is 5.11 Å². The molecule has 4 nitrogen and oxygen atoms in total. The quantitative estimate of drug-likeness (QED) is 0.803. The summed E-state index contributed by atoms with van der Waals surface area (Å²) in [5, 5.41) is 9.45. The summed E-state index contributed by atoms with van der Waals surface area (Å²) in [6, 6.07) is 9.36. The molecule has 1 aromatic heterocycles. The average Bonchev–Trinajstić information content (AvgIpc) is 2.61. The van der Waals surface area contributed by atoms with E-state index < -0.39 is 5.97 Å². The van der Waals surface area contributed by atoms with Gasteiger partial charge in [-0.2, -0.15) is 0 Å². The molecule has 1 aromatic carbocycles. The maximum absolute atomic E-state index is 11.9. The van der Waals surface area contributed by atoms with Gasteiger partial charge in [0.1, 0.15) is 0 Å². The van der Waals surface area contributed by atoms with Gasteiger partial charge >= 0.3 is 5.97 Å². The Morgan fingerprint density at radius 3 is 2.65 bits per heavy atom. The maximum atomic E-state index is 11.9. The molecule has 0 aliphatic heterocycles. The van der Waals surface area contributed by atoms with Crippen molar-refractivity contribution in [3.05, 3.63) is 48.2 Å². The van der Waals surface area contributed by atoms with Crippen LogP contribution in [0.1, 0.15) is 10.5 Å². The van der Waals surface area contributed by atoms with Gasteiger partial charge in [0.05, 0.1) is 5.52 Å². The zero-order valence-corrected chi connectivity index (χ0v) is 9.25. The van der Waals surface area contributed by atoms with E-state index in [2.05, 4.69) is 0 Å². The number of allylic oxidation sites excluding steroid dienone is 1. The number of aryl methyl sites for hydroxylation is 1. The minimum absolute atomic E-state index is 0.355. The first-order valence-electron chi connectivity index (χ1n) is 5.12. The molecule has 17 heavy (non-hydrogen) atoms. The molecule has 0 atom stereocenters. The number of hydrogen-bond donors (Lipinski definition) is 1. The lowest BCUT2D eigenvalue weighted by Gasteiger charge is -2.02. The molecule has 0 bridgehead atoms. The molecule has 2 aromatic rings. The lowest BCUT2D eigenvalue weighted by atomic mass is 10.2. The fraction of sp³-hybridized carbons (Fsp3) is 0.0769. The first-order chi connectivity index (χ1) is 8.09. The molecule has 0 aliphatic rings. The van der Waals surface area contributed by atoms with Crippen molar-refractivity contribution in [1.29, 1.82) is 0 Å². The van der Waals surface area contributed by atoms with Gasteiger partial charge in [0.2, 0.25) is 0 Å². The number of aliphatic carboxylic acids is 1. The van der Waals surface area contributed by atoms with Crippen LogP contribution in [-0.2, 0) is 4.79 Å². The van der Waals surface area contributed by atoms with Gasteiger partial charge in [-0.15, -0.1) is 0 Å². The summed E-state index contributed by atoms with van der Waals surface area (Å²) in [6.07, 6.45) is 1.90. The number of hydrogen-bond acceptors (Lipinski definition) is 2. The van der Waals surface area contributed by atoms with E-state index in [-0.39, 0.29) is 5.91 Å². The second kappa shape index (κ2) is 4.25. The van der Waals surface area contributed by atoms with Gasteiger partial charge in [-0.05, 0) is 19.1 Å². The Morgan fingerprint density at radius 2 is 1.94 bits per heavy atom. The van der Waals surface area contributed by atoms with E-state index in [1.165, 1.54) is 4.57 Å². The predicted octanol–water partition coefficient (Wildman–Crippen LogP) is 2.23. The topological polar surface area (TPSA) is 59.3 Å². The minimum Gasteiger partial charge on any atom is -0.478 e. The number of fused-ring (bicyclic) bond motifs is 1. The van der Waals surface area contributed by atoms with Gasteiger partial charge in [-0.3, -0.25) is 9.36 Å². The highest BCUT2D eigenvalue weighted by Crippen LogP contribution is 2.18. The third kappa shape index (κ3) is 2.10. The maximum Gasteiger partial charge on any atom is 0.328 e. The number of carbonyl (C=O) groups is 2. The summed E-state index contributed by atoms with van der Waals surface area (Å²) in [5.74, 6) is -1.49. The molecule has 0 unspecified atom stereocenters. The van der Waals surface area contributed by atoms with Crippen LogP contribution in [0.4, 0.5) is 0 Å². The van der Waals surface area contributed by atoms with Crippen molar-refractivity contribution in [3.8, 4) is 0 Å². The summed E-state index contributed by atoms with van der Waals surface area (Å²) < 4.78 is 1.49. The molecule has 1 heterocycles. The van der Waals surface area contributed by atoms with E-state index in [0.717, 1.165) is 28.7 Å². The summed E-state index contributed by atoms with van der Waals surface area (Å²) in [4.78, 5) is 22.2. The van der Waals surface area contributed by atoms with Crippen LogP contribution in [0.3, 0.4) is 0 Å². The van der Waals surface area contributed by atoms with Crippen molar-refractivity contribution in [3.63, 3.8) is 0 Å². The van der Waals surface area contributed by atoms with Gasteiger partial charge < -0.3 is 5.11 Å². The van der Waals surface area contributed by atoms with Crippen LogP contribution >= 0.6 is 0 Å². The lowest BCUT2D eigenvalue weighted by molar-refractivity contribution is -0.131. The third-order valence-corrected chi connectivity index (χ3v) is 2.48. The molecule has 1 N–H and O–H groups in total. The van der Waals surface area contributed by atoms with Crippen molar-refractivity contribution < 1.29 is 14.7 Å². The predicted molar refractivity (Wildman–Crippen MR) is 64.1 cm³/mol. The number of carboxylic acids is 1. The Morgan fingerprint density at radius 1 is 1.24 bits per heavy atom. The van der Waals surface area contributed by atoms with E-state index >= 15 is 0 Å². The van der Waals surface area contributed by atoms with E-state index in [1.807, 2.05) is 37.3 Å². The number of para-hydroxylation sites is 1. The van der Waals surface area contributed by atoms with Crippen molar-refractivity contribution in [1.82, 2.24) is 4.57 Å². The Bertz CT molecular complexity index is 623. The Hall–Kier alpha value is -2.36. The summed E-state index contributed by atoms with van der Waals surface area (Å²) >= 11 is 0. The first-order valence-corrected chi connectivity index (χ1v) is 5.12. The fourth-order valence-corrected chi connectivity index (χ4v) is 1.80. The monoisotopic (exact) mass is 229 g/mol. The number of nitrogens with zero attached hydrogens (tertiary/aromatic N) is 1. The highest BCUT2D eigenvalue weighted by atomic mass is 16.4. The van der Waals surface area contributed by atoms with Crippen molar-refractivity contribution in [2.75, 3.05) is 0 Å². The molecule has 0 saturated carbocycles. The zero-order valence-electron chi connectivity index (χ0n) is 9.25. The molecule has 0 spiro atoms. The van der Waals surface area contributed by atoms with Crippen LogP contribution in [-0.4, -0.2) is 21.6 Å². The molecular weight excluding hydrogens is 218 g/mol. The summed E-state index contributed by atoms with van der Waals surface area (Å²) in [7, 11) is 0. The molecule has 86 valence electrons. The van der Waals surface area contributed by atoms with E-state index in [0.29, 0.717) is 0 Å². The second-order valence-corrected chi connectivity index (χ2v) is 3.69. The van der Waals surface area contributed by atoms with Gasteiger partial charge in [-0.1, -0.05) is 18.2 Å². The van der Waals surface area contributed by atoms with Gasteiger partial charge in [-0.25, -0.2) is 4.79 Å². The Balaban J connectivity index is 2.51. The van der Waals surface area contributed by atoms with E-state index in [1.54, 1.807) is 0 Å². The van der Waals surface area contributed by atoms with Gasteiger partial charge in [0.15, 0.2) is 0 Å². The SMILES string of the molecule is Cc1cc2ccccc2n1C(=O)/C=C/C(=O)O. The lowest BCUT2D eigenvalue weighted by Crippen LogP contribution is -2.09. The van der Waals surface area contributed by atoms with Crippen LogP contribution in [0.2, 0.25) is 0 Å². The highest BCUT2D eigenvalue weighted by molar-refractivity contribution is 6.01. The smallest absolute Gasteiger partial charge is 0.328 e. The molecule has 0 radical (unpaired) electrons. The number of benzene rings is 1.